The Kier molecular flexibility index (Phi) is 8.97. The molecule has 1 aromatic carbocycles. The summed E-state index contributed by atoms with van der Waals surface area (Å²) in [5.41, 5.74) is 1.75. The van der Waals surface area contributed by atoms with Gasteiger partial charge in [0.05, 0.1) is 28.7 Å². The van der Waals surface area contributed by atoms with E-state index in [1.54, 1.807) is 0 Å². The second-order valence-corrected chi connectivity index (χ2v) is 11.5. The van der Waals surface area contributed by atoms with Crippen LogP contribution in [0.2, 0.25) is 0 Å². The fourth-order valence-corrected chi connectivity index (χ4v) is 4.78. The van der Waals surface area contributed by atoms with Gasteiger partial charge in [0.15, 0.2) is 5.78 Å². The number of nitrogens with zero attached hydrogens (tertiary/aromatic N) is 2. The fourth-order valence-electron chi connectivity index (χ4n) is 4.30. The van der Waals surface area contributed by atoms with Crippen LogP contribution in [0, 0.1) is 5.92 Å². The van der Waals surface area contributed by atoms with Crippen molar-refractivity contribution in [2.75, 3.05) is 19.6 Å². The fraction of sp³-hybridized carbons (Fsp3) is 0.692. The molecular formula is C26H42BrN3O2. The van der Waals surface area contributed by atoms with Crippen molar-refractivity contribution in [3.63, 3.8) is 0 Å². The van der Waals surface area contributed by atoms with Crippen molar-refractivity contribution >= 4 is 27.8 Å². The number of likely N-dealkylation sites (tertiary alicyclic amines) is 1. The molecule has 2 N–H and O–H groups in total. The third-order valence-electron chi connectivity index (χ3n) is 6.60. The molecule has 6 heteroatoms. The quantitative estimate of drug-likeness (QED) is 0.424. The van der Waals surface area contributed by atoms with Gasteiger partial charge in [0.2, 0.25) is 0 Å². The summed E-state index contributed by atoms with van der Waals surface area (Å²) in [5, 5.41) is 14.6. The molecule has 0 radical (unpaired) electrons. The van der Waals surface area contributed by atoms with Crippen molar-refractivity contribution in [1.29, 1.82) is 0 Å². The molecule has 0 aromatic heterocycles. The van der Waals surface area contributed by atoms with Crippen LogP contribution in [0.5, 0.6) is 5.75 Å². The topological polar surface area (TPSA) is 64.9 Å². The Morgan fingerprint density at radius 2 is 1.69 bits per heavy atom. The van der Waals surface area contributed by atoms with Gasteiger partial charge >= 0.3 is 0 Å². The Morgan fingerprint density at radius 1 is 1.16 bits per heavy atom. The minimum absolute atomic E-state index is 0.0512. The lowest BCUT2D eigenvalue weighted by Crippen LogP contribution is -2.41. The Bertz CT molecular complexity index is 797. The first kappa shape index (κ1) is 26.8. The number of nitrogens with one attached hydrogen (secondary N) is 1. The van der Waals surface area contributed by atoms with E-state index in [2.05, 4.69) is 85.8 Å². The van der Waals surface area contributed by atoms with E-state index in [0.29, 0.717) is 17.2 Å². The molecule has 0 aliphatic carbocycles. The first-order chi connectivity index (χ1) is 14.8. The monoisotopic (exact) mass is 507 g/mol. The van der Waals surface area contributed by atoms with Crippen molar-refractivity contribution in [3.05, 3.63) is 28.8 Å². The number of benzene rings is 1. The molecule has 1 aromatic rings. The molecule has 1 saturated heterocycles. The van der Waals surface area contributed by atoms with Crippen LogP contribution in [0.25, 0.3) is 0 Å². The molecule has 0 spiro atoms. The second-order valence-electron chi connectivity index (χ2n) is 11.1. The number of carbonyl (C=O) groups is 1. The Labute approximate surface area is 203 Å². The lowest BCUT2D eigenvalue weighted by Gasteiger charge is -2.28. The number of halogens is 1. The molecule has 1 heterocycles. The Hall–Kier alpha value is -1.40. The molecule has 0 bridgehead atoms. The first-order valence-electron chi connectivity index (χ1n) is 11.9. The molecule has 32 heavy (non-hydrogen) atoms. The molecule has 180 valence electrons. The number of phenolic OH excluding ortho intramolecular Hbond substituents is 1. The maximum absolute atomic E-state index is 13.4. The number of ketones is 1. The molecule has 1 atom stereocenters. The molecule has 1 unspecified atom stereocenters. The number of amidine groups is 1. The van der Waals surface area contributed by atoms with Gasteiger partial charge in [0.1, 0.15) is 11.6 Å². The largest absolute Gasteiger partial charge is 0.507 e. The van der Waals surface area contributed by atoms with Crippen LogP contribution in [-0.2, 0) is 10.8 Å². The summed E-state index contributed by atoms with van der Waals surface area (Å²) in [5.74, 6) is 1.91. The number of hydrogen-bond donors (Lipinski definition) is 2. The average molecular weight is 509 g/mol. The highest BCUT2D eigenvalue weighted by Gasteiger charge is 2.32. The summed E-state index contributed by atoms with van der Waals surface area (Å²) in [6.07, 6.45) is 3.26. The highest BCUT2D eigenvalue weighted by Crippen LogP contribution is 2.40. The van der Waals surface area contributed by atoms with Gasteiger partial charge in [-0.3, -0.25) is 4.79 Å². The van der Waals surface area contributed by atoms with Crippen molar-refractivity contribution in [1.82, 2.24) is 10.2 Å². The second kappa shape index (κ2) is 10.7. The number of hydrogen-bond acceptors (Lipinski definition) is 4. The molecule has 5 nitrogen and oxygen atoms in total. The lowest BCUT2D eigenvalue weighted by molar-refractivity contribution is 0.0966. The minimum atomic E-state index is -0.263. The van der Waals surface area contributed by atoms with Gasteiger partial charge in [-0.2, -0.15) is 4.02 Å². The summed E-state index contributed by atoms with van der Waals surface area (Å²) in [4.78, 5) is 15.5. The van der Waals surface area contributed by atoms with E-state index in [1.165, 1.54) is 0 Å². The first-order valence-corrected chi connectivity index (χ1v) is 12.6. The average Bonchev–Trinajstić information content (AvgIpc) is 3.08. The zero-order valence-electron chi connectivity index (χ0n) is 21.2. The standard InChI is InChI=1S/C26H42BrN3O2/c1-9-17(10-2)15-28-21-11-12-30(24(21)29-27)16-22(31)18-13-19(25(3,4)5)23(32)20(14-18)26(6,7)8/h13-14,17,21,28,32H,9-12,15-16H2,1-8H3. The maximum atomic E-state index is 13.4. The minimum Gasteiger partial charge on any atom is -0.507 e. The number of Topliss-reactive ketones (excluding diaryl/α,β-unsaturated/α-hetero) is 1. The van der Waals surface area contributed by atoms with Crippen LogP contribution in [0.3, 0.4) is 0 Å². The van der Waals surface area contributed by atoms with Gasteiger partial charge < -0.3 is 15.3 Å². The Morgan fingerprint density at radius 3 is 2.12 bits per heavy atom. The number of phenols is 1. The van der Waals surface area contributed by atoms with Gasteiger partial charge in [-0.15, -0.1) is 0 Å². The summed E-state index contributed by atoms with van der Waals surface area (Å²) >= 11 is 3.29. The summed E-state index contributed by atoms with van der Waals surface area (Å²) in [6, 6.07) is 3.91. The van der Waals surface area contributed by atoms with E-state index in [-0.39, 0.29) is 29.2 Å². The van der Waals surface area contributed by atoms with Crippen LogP contribution in [-0.4, -0.2) is 47.3 Å². The van der Waals surface area contributed by atoms with E-state index < -0.39 is 0 Å². The highest BCUT2D eigenvalue weighted by atomic mass is 79.9. The zero-order valence-corrected chi connectivity index (χ0v) is 22.8. The van der Waals surface area contributed by atoms with Crippen LogP contribution in [0.15, 0.2) is 16.2 Å². The highest BCUT2D eigenvalue weighted by molar-refractivity contribution is 9.08. The van der Waals surface area contributed by atoms with E-state index in [1.807, 2.05) is 12.1 Å². The molecular weight excluding hydrogens is 466 g/mol. The van der Waals surface area contributed by atoms with Gasteiger partial charge in [0.25, 0.3) is 0 Å². The van der Waals surface area contributed by atoms with E-state index in [0.717, 1.165) is 49.3 Å². The van der Waals surface area contributed by atoms with Gasteiger partial charge in [-0.1, -0.05) is 68.2 Å². The summed E-state index contributed by atoms with van der Waals surface area (Å²) in [7, 11) is 0. The SMILES string of the molecule is CCC(CC)CNC1CCN(CC(=O)c2cc(C(C)(C)C)c(O)c(C(C)(C)C)c2)C1=NBr. The van der Waals surface area contributed by atoms with Crippen LogP contribution in [0.4, 0.5) is 0 Å². The van der Waals surface area contributed by atoms with Crippen molar-refractivity contribution in [3.8, 4) is 5.75 Å². The van der Waals surface area contributed by atoms with E-state index >= 15 is 0 Å². The molecule has 0 saturated carbocycles. The normalized spacial score (nSPS) is 18.8. The van der Waals surface area contributed by atoms with E-state index in [9.17, 15) is 9.90 Å². The van der Waals surface area contributed by atoms with Crippen LogP contribution in [0.1, 0.15) is 96.1 Å². The number of rotatable bonds is 8. The van der Waals surface area contributed by atoms with Crippen molar-refractivity contribution in [2.45, 2.75) is 91.5 Å². The van der Waals surface area contributed by atoms with Gasteiger partial charge in [-0.25, -0.2) is 0 Å². The summed E-state index contributed by atoms with van der Waals surface area (Å²) in [6.45, 7) is 18.9. The predicted molar refractivity (Wildman–Crippen MR) is 138 cm³/mol. The van der Waals surface area contributed by atoms with Gasteiger partial charge in [-0.05, 0) is 41.8 Å². The zero-order chi connectivity index (χ0) is 24.3. The van der Waals surface area contributed by atoms with Gasteiger partial charge in [0, 0.05) is 23.2 Å². The third kappa shape index (κ3) is 6.34. The van der Waals surface area contributed by atoms with Crippen molar-refractivity contribution < 1.29 is 9.90 Å². The molecule has 1 aliphatic heterocycles. The van der Waals surface area contributed by atoms with Crippen molar-refractivity contribution in [2.24, 2.45) is 9.94 Å². The molecule has 1 aliphatic rings. The number of carbonyl (C=O) groups excluding carboxylic acids is 1. The maximum Gasteiger partial charge on any atom is 0.182 e. The summed E-state index contributed by atoms with van der Waals surface area (Å²) < 4.78 is 4.35. The predicted octanol–water partition coefficient (Wildman–Crippen LogP) is 5.98. The molecule has 0 amide bonds. The third-order valence-corrected chi connectivity index (χ3v) is 6.96. The van der Waals surface area contributed by atoms with Crippen LogP contribution >= 0.6 is 16.1 Å². The smallest absolute Gasteiger partial charge is 0.182 e. The lowest BCUT2D eigenvalue weighted by atomic mass is 9.78. The van der Waals surface area contributed by atoms with E-state index in [4.69, 9.17) is 0 Å². The Balaban J connectivity index is 2.25. The number of aromatic hydroxyl groups is 1. The van der Waals surface area contributed by atoms with Crippen LogP contribution < -0.4 is 5.32 Å². The molecule has 1 fully saturated rings. The molecule has 2 rings (SSSR count).